The maximum absolute atomic E-state index is 13.6. The van der Waals surface area contributed by atoms with E-state index in [1.54, 1.807) is 7.11 Å². The maximum Gasteiger partial charge on any atom is 0.254 e. The zero-order valence-electron chi connectivity index (χ0n) is 18.9. The molecule has 0 unspecified atom stereocenters. The van der Waals surface area contributed by atoms with Crippen molar-refractivity contribution in [2.24, 2.45) is 0 Å². The number of para-hydroxylation sites is 1. The van der Waals surface area contributed by atoms with Crippen LogP contribution in [0.15, 0.2) is 59.1 Å². The van der Waals surface area contributed by atoms with Crippen molar-refractivity contribution in [3.8, 4) is 5.75 Å². The van der Waals surface area contributed by atoms with Crippen LogP contribution in [0.1, 0.15) is 28.1 Å². The molecule has 1 aliphatic rings. The van der Waals surface area contributed by atoms with Crippen LogP contribution in [0.2, 0.25) is 0 Å². The highest BCUT2D eigenvalue weighted by Crippen LogP contribution is 2.27. The Balaban J connectivity index is 1.53. The second kappa shape index (κ2) is 9.83. The molecule has 1 fully saturated rings. The summed E-state index contributed by atoms with van der Waals surface area (Å²) in [5.41, 5.74) is 4.55. The van der Waals surface area contributed by atoms with Crippen molar-refractivity contribution < 1.29 is 14.1 Å². The molecule has 1 aromatic heterocycles. The van der Waals surface area contributed by atoms with Gasteiger partial charge in [0.1, 0.15) is 11.5 Å². The molecule has 0 spiro atoms. The predicted octanol–water partition coefficient (Wildman–Crippen LogP) is 4.19. The smallest absolute Gasteiger partial charge is 0.254 e. The van der Waals surface area contributed by atoms with Crippen LogP contribution in [0.5, 0.6) is 5.75 Å². The van der Waals surface area contributed by atoms with E-state index in [0.29, 0.717) is 18.7 Å². The van der Waals surface area contributed by atoms with E-state index in [4.69, 9.17) is 9.26 Å². The molecule has 0 N–H and O–H groups in total. The van der Waals surface area contributed by atoms with Gasteiger partial charge in [-0.15, -0.1) is 0 Å². The largest absolute Gasteiger partial charge is 0.496 e. The van der Waals surface area contributed by atoms with E-state index in [9.17, 15) is 4.79 Å². The van der Waals surface area contributed by atoms with Gasteiger partial charge < -0.3 is 14.2 Å². The third-order valence-corrected chi connectivity index (χ3v) is 5.98. The van der Waals surface area contributed by atoms with Crippen LogP contribution in [0.4, 0.5) is 0 Å². The lowest BCUT2D eigenvalue weighted by molar-refractivity contribution is -0.126. The van der Waals surface area contributed by atoms with E-state index in [0.717, 1.165) is 53.5 Å². The number of benzene rings is 2. The van der Waals surface area contributed by atoms with Crippen LogP contribution < -0.4 is 4.74 Å². The second-order valence-corrected chi connectivity index (χ2v) is 8.04. The average molecular weight is 432 g/mol. The molecule has 1 aliphatic heterocycles. The third kappa shape index (κ3) is 4.75. The molecule has 2 aromatic carbocycles. The molecule has 0 atom stereocenters. The lowest BCUT2D eigenvalue weighted by Gasteiger charge is -2.35. The summed E-state index contributed by atoms with van der Waals surface area (Å²) < 4.78 is 10.8. The van der Waals surface area contributed by atoms with Gasteiger partial charge in [0.05, 0.1) is 12.8 Å². The number of aromatic nitrogens is 1. The Labute approximate surface area is 189 Å². The van der Waals surface area contributed by atoms with E-state index in [1.807, 2.05) is 79.4 Å². The number of ether oxygens (including phenoxy) is 1. The maximum atomic E-state index is 13.6. The van der Waals surface area contributed by atoms with Crippen molar-refractivity contribution in [3.63, 3.8) is 0 Å². The van der Waals surface area contributed by atoms with Gasteiger partial charge in [0.25, 0.3) is 5.91 Å². The zero-order valence-corrected chi connectivity index (χ0v) is 18.9. The Hall–Kier alpha value is -3.38. The number of hydrogen-bond donors (Lipinski definition) is 0. The van der Waals surface area contributed by atoms with Gasteiger partial charge >= 0.3 is 0 Å². The number of hydrogen-bond acceptors (Lipinski definition) is 5. The molecular weight excluding hydrogens is 402 g/mol. The molecule has 1 amide bonds. The minimum atomic E-state index is 0.0408. The lowest BCUT2D eigenvalue weighted by Crippen LogP contribution is -2.48. The minimum Gasteiger partial charge on any atom is -0.496 e. The Bertz CT molecular complexity index is 1080. The van der Waals surface area contributed by atoms with Gasteiger partial charge in [0.2, 0.25) is 0 Å². The molecule has 166 valence electrons. The molecule has 0 saturated carbocycles. The van der Waals surface area contributed by atoms with E-state index >= 15 is 0 Å². The molecule has 3 aromatic rings. The Kier molecular flexibility index (Phi) is 6.71. The van der Waals surface area contributed by atoms with Crippen molar-refractivity contribution in [3.05, 3.63) is 82.7 Å². The van der Waals surface area contributed by atoms with Gasteiger partial charge in [0, 0.05) is 49.4 Å². The molecule has 2 heterocycles. The molecule has 32 heavy (non-hydrogen) atoms. The average Bonchev–Trinajstić information content (AvgIpc) is 3.15. The van der Waals surface area contributed by atoms with Crippen molar-refractivity contribution in [2.45, 2.75) is 20.4 Å². The van der Waals surface area contributed by atoms with Gasteiger partial charge in [0.15, 0.2) is 0 Å². The van der Waals surface area contributed by atoms with E-state index in [1.165, 1.54) is 0 Å². The predicted molar refractivity (Wildman–Crippen MR) is 125 cm³/mol. The SMILES string of the molecule is COc1ccccc1C=C(C(=O)N1CCN(Cc2c(C)noc2C)CC1)c1ccccc1. The number of piperazine rings is 1. The summed E-state index contributed by atoms with van der Waals surface area (Å²) in [6.07, 6.45) is 1.94. The quantitative estimate of drug-likeness (QED) is 0.433. The number of carbonyl (C=O) groups is 1. The second-order valence-electron chi connectivity index (χ2n) is 8.04. The van der Waals surface area contributed by atoms with Crippen molar-refractivity contribution in [1.82, 2.24) is 15.0 Å². The molecule has 6 heteroatoms. The summed E-state index contributed by atoms with van der Waals surface area (Å²) >= 11 is 0. The Morgan fingerprint density at radius 2 is 1.72 bits per heavy atom. The van der Waals surface area contributed by atoms with E-state index in [2.05, 4.69) is 10.1 Å². The topological polar surface area (TPSA) is 58.8 Å². The molecule has 0 aliphatic carbocycles. The lowest BCUT2D eigenvalue weighted by atomic mass is 10.0. The van der Waals surface area contributed by atoms with Gasteiger partial charge in [-0.3, -0.25) is 9.69 Å². The number of methoxy groups -OCH3 is 1. The Morgan fingerprint density at radius 3 is 2.38 bits per heavy atom. The third-order valence-electron chi connectivity index (χ3n) is 5.98. The fourth-order valence-corrected chi connectivity index (χ4v) is 4.06. The molecule has 4 rings (SSSR count). The molecule has 0 bridgehead atoms. The number of aryl methyl sites for hydroxylation is 2. The van der Waals surface area contributed by atoms with Crippen LogP contribution in [0, 0.1) is 13.8 Å². The first-order valence-electron chi connectivity index (χ1n) is 10.9. The Morgan fingerprint density at radius 1 is 1.03 bits per heavy atom. The number of rotatable bonds is 6. The standard InChI is InChI=1S/C26H29N3O3/c1-19-24(20(2)32-27-19)18-28-13-15-29(16-14-28)26(30)23(21-9-5-4-6-10-21)17-22-11-7-8-12-25(22)31-3/h4-12,17H,13-16,18H2,1-3H3. The first-order valence-corrected chi connectivity index (χ1v) is 10.9. The fourth-order valence-electron chi connectivity index (χ4n) is 4.06. The highest BCUT2D eigenvalue weighted by molar-refractivity contribution is 6.24. The monoisotopic (exact) mass is 431 g/mol. The molecule has 0 radical (unpaired) electrons. The number of nitrogens with zero attached hydrogens (tertiary/aromatic N) is 3. The van der Waals surface area contributed by atoms with Gasteiger partial charge in [-0.1, -0.05) is 53.7 Å². The summed E-state index contributed by atoms with van der Waals surface area (Å²) in [5.74, 6) is 1.66. The van der Waals surface area contributed by atoms with Crippen LogP contribution in [-0.4, -0.2) is 54.2 Å². The minimum absolute atomic E-state index is 0.0408. The zero-order chi connectivity index (χ0) is 22.5. The first kappa shape index (κ1) is 21.8. The van der Waals surface area contributed by atoms with Crippen LogP contribution in [0.25, 0.3) is 11.6 Å². The summed E-state index contributed by atoms with van der Waals surface area (Å²) in [6.45, 7) is 7.70. The van der Waals surface area contributed by atoms with Crippen LogP contribution in [-0.2, 0) is 11.3 Å². The van der Waals surface area contributed by atoms with Crippen LogP contribution >= 0.6 is 0 Å². The van der Waals surface area contributed by atoms with Gasteiger partial charge in [-0.2, -0.15) is 0 Å². The number of amides is 1. The highest BCUT2D eigenvalue weighted by atomic mass is 16.5. The van der Waals surface area contributed by atoms with Gasteiger partial charge in [-0.05, 0) is 31.6 Å². The summed E-state index contributed by atoms with van der Waals surface area (Å²) in [7, 11) is 1.65. The normalized spacial score (nSPS) is 15.1. The van der Waals surface area contributed by atoms with Crippen molar-refractivity contribution in [2.75, 3.05) is 33.3 Å². The summed E-state index contributed by atoms with van der Waals surface area (Å²) in [4.78, 5) is 17.9. The molecule has 6 nitrogen and oxygen atoms in total. The number of carbonyl (C=O) groups excluding carboxylic acids is 1. The van der Waals surface area contributed by atoms with Crippen molar-refractivity contribution in [1.29, 1.82) is 0 Å². The summed E-state index contributed by atoms with van der Waals surface area (Å²) in [6, 6.07) is 17.6. The highest BCUT2D eigenvalue weighted by Gasteiger charge is 2.25. The molecular formula is C26H29N3O3. The van der Waals surface area contributed by atoms with Crippen LogP contribution in [0.3, 0.4) is 0 Å². The summed E-state index contributed by atoms with van der Waals surface area (Å²) in [5, 5.41) is 4.05. The van der Waals surface area contributed by atoms with Gasteiger partial charge in [-0.25, -0.2) is 0 Å². The van der Waals surface area contributed by atoms with E-state index < -0.39 is 0 Å². The first-order chi connectivity index (χ1) is 15.6. The van der Waals surface area contributed by atoms with Crippen molar-refractivity contribution >= 4 is 17.6 Å². The fraction of sp³-hybridized carbons (Fsp3) is 0.308. The molecule has 1 saturated heterocycles. The van der Waals surface area contributed by atoms with E-state index in [-0.39, 0.29) is 5.91 Å².